The van der Waals surface area contributed by atoms with Crippen molar-refractivity contribution in [3.8, 4) is 0 Å². The van der Waals surface area contributed by atoms with Gasteiger partial charge in [-0.25, -0.2) is 0 Å². The molecule has 1 aliphatic carbocycles. The van der Waals surface area contributed by atoms with Crippen LogP contribution in [0, 0.1) is 3.57 Å². The molecule has 1 aromatic rings. The van der Waals surface area contributed by atoms with Crippen LogP contribution >= 0.6 is 22.6 Å². The second kappa shape index (κ2) is 7.04. The minimum absolute atomic E-state index is 0.0238. The van der Waals surface area contributed by atoms with Crippen LogP contribution in [0.5, 0.6) is 0 Å². The van der Waals surface area contributed by atoms with Gasteiger partial charge in [0.25, 0.3) is 0 Å². The molecule has 1 saturated carbocycles. The third-order valence-electron chi connectivity index (χ3n) is 4.44. The standard InChI is InChI=1S/C16H24INO/c1-18-15(12-13-6-8-14(17)9-7-13)16(19-2)10-4-3-5-11-16/h6-9,15,18H,3-5,10-12H2,1-2H3. The monoisotopic (exact) mass is 373 g/mol. The molecule has 1 aromatic carbocycles. The van der Waals surface area contributed by atoms with Crippen LogP contribution in [0.25, 0.3) is 0 Å². The highest BCUT2D eigenvalue weighted by atomic mass is 127. The summed E-state index contributed by atoms with van der Waals surface area (Å²) < 4.78 is 7.26. The Morgan fingerprint density at radius 1 is 1.21 bits per heavy atom. The van der Waals surface area contributed by atoms with E-state index in [4.69, 9.17) is 4.74 Å². The first-order valence-corrected chi connectivity index (χ1v) is 8.25. The Hall–Kier alpha value is -0.130. The van der Waals surface area contributed by atoms with E-state index < -0.39 is 0 Å². The van der Waals surface area contributed by atoms with Crippen LogP contribution in [0.15, 0.2) is 24.3 Å². The third kappa shape index (κ3) is 3.70. The van der Waals surface area contributed by atoms with Crippen LogP contribution in [0.1, 0.15) is 37.7 Å². The lowest BCUT2D eigenvalue weighted by Gasteiger charge is -2.42. The first kappa shape index (κ1) is 15.3. The molecule has 0 aromatic heterocycles. The molecule has 19 heavy (non-hydrogen) atoms. The SMILES string of the molecule is CNC(Cc1ccc(I)cc1)C1(OC)CCCCC1. The Labute approximate surface area is 130 Å². The molecule has 0 saturated heterocycles. The van der Waals surface area contributed by atoms with Gasteiger partial charge in [-0.05, 0) is 66.6 Å². The molecule has 0 radical (unpaired) electrons. The maximum atomic E-state index is 5.96. The van der Waals surface area contributed by atoms with E-state index in [2.05, 4.69) is 59.2 Å². The maximum Gasteiger partial charge on any atom is 0.0834 e. The molecule has 2 nitrogen and oxygen atoms in total. The molecule has 1 N–H and O–H groups in total. The van der Waals surface area contributed by atoms with E-state index in [9.17, 15) is 0 Å². The van der Waals surface area contributed by atoms with E-state index in [1.54, 1.807) is 0 Å². The van der Waals surface area contributed by atoms with Gasteiger partial charge in [-0.1, -0.05) is 31.4 Å². The van der Waals surface area contributed by atoms with E-state index in [1.807, 2.05) is 7.11 Å². The second-order valence-corrected chi connectivity index (χ2v) is 6.75. The number of likely N-dealkylation sites (N-methyl/N-ethyl adjacent to an activating group) is 1. The normalized spacial score (nSPS) is 20.2. The summed E-state index contributed by atoms with van der Waals surface area (Å²) in [6.45, 7) is 0. The summed E-state index contributed by atoms with van der Waals surface area (Å²) in [6, 6.07) is 9.24. The summed E-state index contributed by atoms with van der Waals surface area (Å²) in [5.74, 6) is 0. The average Bonchev–Trinajstić information content (AvgIpc) is 2.47. The molecule has 1 fully saturated rings. The van der Waals surface area contributed by atoms with Gasteiger partial charge in [0.05, 0.1) is 5.60 Å². The molecular weight excluding hydrogens is 349 g/mol. The highest BCUT2D eigenvalue weighted by Gasteiger charge is 2.39. The van der Waals surface area contributed by atoms with E-state index >= 15 is 0 Å². The number of nitrogens with one attached hydrogen (secondary N) is 1. The number of hydrogen-bond acceptors (Lipinski definition) is 2. The van der Waals surface area contributed by atoms with Crippen molar-refractivity contribution in [1.29, 1.82) is 0 Å². The zero-order valence-corrected chi connectivity index (χ0v) is 14.1. The number of benzene rings is 1. The van der Waals surface area contributed by atoms with Gasteiger partial charge >= 0.3 is 0 Å². The van der Waals surface area contributed by atoms with E-state index in [0.29, 0.717) is 6.04 Å². The van der Waals surface area contributed by atoms with Gasteiger partial charge < -0.3 is 10.1 Å². The highest BCUT2D eigenvalue weighted by molar-refractivity contribution is 14.1. The molecule has 3 heteroatoms. The lowest BCUT2D eigenvalue weighted by molar-refractivity contribution is -0.0657. The minimum atomic E-state index is 0.0238. The minimum Gasteiger partial charge on any atom is -0.377 e. The summed E-state index contributed by atoms with van der Waals surface area (Å²) in [6.07, 6.45) is 7.34. The van der Waals surface area contributed by atoms with Crippen molar-refractivity contribution in [3.63, 3.8) is 0 Å². The van der Waals surface area contributed by atoms with Crippen molar-refractivity contribution in [2.24, 2.45) is 0 Å². The van der Waals surface area contributed by atoms with Crippen LogP contribution in [-0.4, -0.2) is 25.8 Å². The summed E-state index contributed by atoms with van der Waals surface area (Å²) in [7, 11) is 3.94. The van der Waals surface area contributed by atoms with Crippen molar-refractivity contribution >= 4 is 22.6 Å². The Morgan fingerprint density at radius 3 is 2.37 bits per heavy atom. The largest absolute Gasteiger partial charge is 0.377 e. The van der Waals surface area contributed by atoms with Crippen LogP contribution in [0.2, 0.25) is 0 Å². The fourth-order valence-electron chi connectivity index (χ4n) is 3.25. The summed E-state index contributed by atoms with van der Waals surface area (Å²) in [5, 5.41) is 3.50. The van der Waals surface area contributed by atoms with Crippen LogP contribution in [0.4, 0.5) is 0 Å². The number of rotatable bonds is 5. The first-order valence-electron chi connectivity index (χ1n) is 7.17. The summed E-state index contributed by atoms with van der Waals surface area (Å²) in [5.41, 5.74) is 1.41. The molecule has 1 atom stereocenters. The van der Waals surface area contributed by atoms with Gasteiger partial charge in [0.1, 0.15) is 0 Å². The lowest BCUT2D eigenvalue weighted by Crippen LogP contribution is -2.53. The van der Waals surface area contributed by atoms with E-state index in [1.165, 1.54) is 41.2 Å². The predicted octanol–water partition coefficient (Wildman–Crippen LogP) is 3.77. The van der Waals surface area contributed by atoms with Gasteiger partial charge in [-0.15, -0.1) is 0 Å². The topological polar surface area (TPSA) is 21.3 Å². The highest BCUT2D eigenvalue weighted by Crippen LogP contribution is 2.35. The van der Waals surface area contributed by atoms with Crippen molar-refractivity contribution in [3.05, 3.63) is 33.4 Å². The van der Waals surface area contributed by atoms with Gasteiger partial charge in [-0.2, -0.15) is 0 Å². The molecule has 0 spiro atoms. The molecule has 0 amide bonds. The second-order valence-electron chi connectivity index (χ2n) is 5.50. The molecule has 106 valence electrons. The lowest BCUT2D eigenvalue weighted by atomic mass is 9.77. The molecule has 0 heterocycles. The van der Waals surface area contributed by atoms with Gasteiger partial charge in [0, 0.05) is 16.7 Å². The fraction of sp³-hybridized carbons (Fsp3) is 0.625. The van der Waals surface area contributed by atoms with E-state index in [-0.39, 0.29) is 5.60 Å². The number of halogens is 1. The van der Waals surface area contributed by atoms with E-state index in [0.717, 1.165) is 6.42 Å². The average molecular weight is 373 g/mol. The quantitative estimate of drug-likeness (QED) is 0.794. The fourth-order valence-corrected chi connectivity index (χ4v) is 3.61. The maximum absolute atomic E-state index is 5.96. The van der Waals surface area contributed by atoms with Crippen LogP contribution in [0.3, 0.4) is 0 Å². The van der Waals surface area contributed by atoms with Gasteiger partial charge in [0.2, 0.25) is 0 Å². The zero-order valence-electron chi connectivity index (χ0n) is 11.9. The third-order valence-corrected chi connectivity index (χ3v) is 5.16. The van der Waals surface area contributed by atoms with Crippen molar-refractivity contribution < 1.29 is 4.74 Å². The van der Waals surface area contributed by atoms with Crippen LogP contribution < -0.4 is 5.32 Å². The Balaban J connectivity index is 2.11. The summed E-state index contributed by atoms with van der Waals surface area (Å²) >= 11 is 2.35. The smallest absolute Gasteiger partial charge is 0.0834 e. The van der Waals surface area contributed by atoms with Crippen molar-refractivity contribution in [1.82, 2.24) is 5.32 Å². The Bertz CT molecular complexity index is 384. The molecule has 0 bridgehead atoms. The number of ether oxygens (including phenoxy) is 1. The van der Waals surface area contributed by atoms with Gasteiger partial charge in [-0.3, -0.25) is 0 Å². The summed E-state index contributed by atoms with van der Waals surface area (Å²) in [4.78, 5) is 0. The molecule has 1 unspecified atom stereocenters. The first-order chi connectivity index (χ1) is 9.20. The molecular formula is C16H24INO. The Morgan fingerprint density at radius 2 is 1.84 bits per heavy atom. The number of methoxy groups -OCH3 is 1. The van der Waals surface area contributed by atoms with Crippen molar-refractivity contribution in [2.45, 2.75) is 50.2 Å². The molecule has 0 aliphatic heterocycles. The van der Waals surface area contributed by atoms with Crippen LogP contribution in [-0.2, 0) is 11.2 Å². The Kier molecular flexibility index (Phi) is 5.66. The zero-order chi connectivity index (χ0) is 13.7. The molecule has 2 rings (SSSR count). The molecule has 1 aliphatic rings. The number of hydrogen-bond donors (Lipinski definition) is 1. The predicted molar refractivity (Wildman–Crippen MR) is 88.5 cm³/mol. The van der Waals surface area contributed by atoms with Gasteiger partial charge in [0.15, 0.2) is 0 Å². The van der Waals surface area contributed by atoms with Crippen molar-refractivity contribution in [2.75, 3.05) is 14.2 Å².